The van der Waals surface area contributed by atoms with E-state index in [1.54, 1.807) is 0 Å². The summed E-state index contributed by atoms with van der Waals surface area (Å²) in [5.74, 6) is 0. The van der Waals surface area contributed by atoms with E-state index in [0.29, 0.717) is 0 Å². The van der Waals surface area contributed by atoms with Gasteiger partial charge in [-0.1, -0.05) is 0 Å². The zero-order valence-corrected chi connectivity index (χ0v) is 8.07. The minimum absolute atomic E-state index is 0.181. The predicted molar refractivity (Wildman–Crippen MR) is 41.1 cm³/mol. The first-order chi connectivity index (χ1) is 7.41. The molecular weight excluding hydrogens is 265 g/mol. The Morgan fingerprint density at radius 1 is 0.625 bits per heavy atom. The number of halogens is 6. The van der Waals surface area contributed by atoms with Crippen LogP contribution in [-0.4, -0.2) is 0 Å². The van der Waals surface area contributed by atoms with Gasteiger partial charge >= 0.3 is 26.8 Å². The second-order valence-electron chi connectivity index (χ2n) is 1.76. The molecule has 3 nitrogen and oxygen atoms in total. The molecular formula is C6H3F6O3P. The van der Waals surface area contributed by atoms with E-state index in [0.717, 1.165) is 0 Å². The van der Waals surface area contributed by atoms with Crippen LogP contribution in [0.3, 0.4) is 0 Å². The first-order valence-corrected chi connectivity index (χ1v) is 4.35. The molecule has 0 bridgehead atoms. The summed E-state index contributed by atoms with van der Waals surface area (Å²) in [6, 6.07) is 0. The highest BCUT2D eigenvalue weighted by Gasteiger charge is 2.15. The quantitative estimate of drug-likeness (QED) is 0.404. The summed E-state index contributed by atoms with van der Waals surface area (Å²) < 4.78 is 80.9. The average molecular weight is 268 g/mol. The molecule has 10 heteroatoms. The average Bonchev–Trinajstić information content (AvgIpc) is 2.15. The summed E-state index contributed by atoms with van der Waals surface area (Å²) in [6.07, 6.45) is -7.48. The van der Waals surface area contributed by atoms with Crippen LogP contribution >= 0.6 is 8.60 Å². The van der Waals surface area contributed by atoms with E-state index in [2.05, 4.69) is 13.6 Å². The maximum absolute atomic E-state index is 11.5. The molecule has 0 aromatic rings. The van der Waals surface area contributed by atoms with Crippen molar-refractivity contribution in [2.75, 3.05) is 0 Å². The van der Waals surface area contributed by atoms with Crippen molar-refractivity contribution in [2.24, 2.45) is 0 Å². The van der Waals surface area contributed by atoms with Crippen LogP contribution in [0.5, 0.6) is 0 Å². The summed E-state index contributed by atoms with van der Waals surface area (Å²) in [5.41, 5.74) is 0. The highest BCUT2D eigenvalue weighted by molar-refractivity contribution is 7.42. The predicted octanol–water partition coefficient (Wildman–Crippen LogP) is 4.48. The third kappa shape index (κ3) is 9.20. The molecule has 0 aromatic carbocycles. The molecule has 16 heavy (non-hydrogen) atoms. The Morgan fingerprint density at radius 3 is 1.06 bits per heavy atom. The van der Waals surface area contributed by atoms with E-state index in [9.17, 15) is 26.3 Å². The molecule has 0 aliphatic carbocycles. The lowest BCUT2D eigenvalue weighted by Crippen LogP contribution is -1.83. The molecule has 92 valence electrons. The third-order valence-corrected chi connectivity index (χ3v) is 1.52. The lowest BCUT2D eigenvalue weighted by atomic mass is 11.1. The SMILES string of the molecule is FC(F)=COP(OC=C(F)F)OC=C(F)F. The molecule has 0 aliphatic rings. The van der Waals surface area contributed by atoms with Crippen LogP contribution in [0.25, 0.3) is 0 Å². The van der Waals surface area contributed by atoms with Crippen LogP contribution in [0.4, 0.5) is 26.3 Å². The van der Waals surface area contributed by atoms with Gasteiger partial charge in [0.2, 0.25) is 0 Å². The van der Waals surface area contributed by atoms with Crippen molar-refractivity contribution in [3.63, 3.8) is 0 Å². The van der Waals surface area contributed by atoms with Gasteiger partial charge in [0, 0.05) is 0 Å². The van der Waals surface area contributed by atoms with Crippen LogP contribution in [0.2, 0.25) is 0 Å². The van der Waals surface area contributed by atoms with Crippen LogP contribution in [0, 0.1) is 0 Å². The molecule has 0 fully saturated rings. The van der Waals surface area contributed by atoms with E-state index in [4.69, 9.17) is 0 Å². The lowest BCUT2D eigenvalue weighted by Gasteiger charge is -2.09. The largest absolute Gasteiger partial charge is 0.528 e. The van der Waals surface area contributed by atoms with E-state index < -0.39 is 26.8 Å². The number of hydrogen-bond donors (Lipinski definition) is 0. The molecule has 0 spiro atoms. The first kappa shape index (κ1) is 14.6. The minimum Gasteiger partial charge on any atom is -0.411 e. The maximum Gasteiger partial charge on any atom is 0.528 e. The summed E-state index contributed by atoms with van der Waals surface area (Å²) in [7, 11) is -2.83. The van der Waals surface area contributed by atoms with Gasteiger partial charge in [-0.05, 0) is 0 Å². The van der Waals surface area contributed by atoms with Crippen molar-refractivity contribution in [2.45, 2.75) is 0 Å². The van der Waals surface area contributed by atoms with E-state index in [-0.39, 0.29) is 18.8 Å². The summed E-state index contributed by atoms with van der Waals surface area (Å²) in [4.78, 5) is 0. The van der Waals surface area contributed by atoms with Crippen LogP contribution < -0.4 is 0 Å². The smallest absolute Gasteiger partial charge is 0.411 e. The molecule has 0 saturated carbocycles. The molecule has 0 amide bonds. The van der Waals surface area contributed by atoms with Gasteiger partial charge in [0.05, 0.1) is 0 Å². The van der Waals surface area contributed by atoms with Crippen molar-refractivity contribution in [3.8, 4) is 0 Å². The van der Waals surface area contributed by atoms with Gasteiger partial charge in [-0.2, -0.15) is 26.3 Å². The van der Waals surface area contributed by atoms with Crippen molar-refractivity contribution >= 4 is 8.60 Å². The van der Waals surface area contributed by atoms with Crippen LogP contribution in [-0.2, 0) is 13.6 Å². The maximum atomic E-state index is 11.5. The summed E-state index contributed by atoms with van der Waals surface area (Å²) >= 11 is 0. The normalized spacial score (nSPS) is 9.19. The van der Waals surface area contributed by atoms with Crippen molar-refractivity contribution in [3.05, 3.63) is 37.0 Å². The summed E-state index contributed by atoms with van der Waals surface area (Å²) in [6.45, 7) is 0. The number of rotatable bonds is 6. The topological polar surface area (TPSA) is 27.7 Å². The standard InChI is InChI=1S/C6H3F6O3P/c7-4(8)1-13-16(14-2-5(9)10)15-3-6(11)12/h1-3H. The van der Waals surface area contributed by atoms with Gasteiger partial charge in [-0.25, -0.2) is 0 Å². The zero-order chi connectivity index (χ0) is 12.6. The fourth-order valence-corrected chi connectivity index (χ4v) is 0.969. The highest BCUT2D eigenvalue weighted by Crippen LogP contribution is 2.41. The Kier molecular flexibility index (Phi) is 7.19. The second-order valence-corrected chi connectivity index (χ2v) is 2.84. The Morgan fingerprint density at radius 2 is 0.875 bits per heavy atom. The zero-order valence-electron chi connectivity index (χ0n) is 7.17. The minimum atomic E-state index is -2.83. The van der Waals surface area contributed by atoms with E-state index >= 15 is 0 Å². The molecule has 0 saturated heterocycles. The van der Waals surface area contributed by atoms with Gasteiger partial charge in [-0.15, -0.1) is 0 Å². The Bertz CT molecular complexity index is 245. The van der Waals surface area contributed by atoms with Crippen LogP contribution in [0.1, 0.15) is 0 Å². The number of hydrogen-bond acceptors (Lipinski definition) is 3. The first-order valence-electron chi connectivity index (χ1n) is 3.25. The van der Waals surface area contributed by atoms with Gasteiger partial charge in [-0.3, -0.25) is 0 Å². The van der Waals surface area contributed by atoms with E-state index in [1.807, 2.05) is 0 Å². The van der Waals surface area contributed by atoms with Gasteiger partial charge in [0.25, 0.3) is 0 Å². The third-order valence-electron chi connectivity index (χ3n) is 0.684. The second kappa shape index (κ2) is 7.86. The Hall–Kier alpha value is -1.37. The molecule has 0 atom stereocenters. The Labute approximate surface area is 86.6 Å². The Balaban J connectivity index is 4.33. The fourth-order valence-electron chi connectivity index (χ4n) is 0.323. The highest BCUT2D eigenvalue weighted by atomic mass is 31.2. The molecule has 0 aromatic heterocycles. The molecule has 0 heterocycles. The van der Waals surface area contributed by atoms with Crippen molar-refractivity contribution in [1.29, 1.82) is 0 Å². The molecule has 0 rings (SSSR count). The summed E-state index contributed by atoms with van der Waals surface area (Å²) in [5, 5.41) is 0. The van der Waals surface area contributed by atoms with Crippen molar-refractivity contribution in [1.82, 2.24) is 0 Å². The molecule has 0 radical (unpaired) electrons. The van der Waals surface area contributed by atoms with Gasteiger partial charge in [0.15, 0.2) is 18.8 Å². The monoisotopic (exact) mass is 268 g/mol. The molecule has 0 unspecified atom stereocenters. The van der Waals surface area contributed by atoms with Gasteiger partial charge in [0.1, 0.15) is 0 Å². The fraction of sp³-hybridized carbons (Fsp3) is 0. The van der Waals surface area contributed by atoms with Gasteiger partial charge < -0.3 is 13.6 Å². The molecule has 0 N–H and O–H groups in total. The van der Waals surface area contributed by atoms with E-state index in [1.165, 1.54) is 0 Å². The molecule has 0 aliphatic heterocycles. The van der Waals surface area contributed by atoms with Crippen molar-refractivity contribution < 1.29 is 39.9 Å². The lowest BCUT2D eigenvalue weighted by molar-refractivity contribution is 0.263. The van der Waals surface area contributed by atoms with Crippen LogP contribution in [0.15, 0.2) is 37.0 Å².